The molecule has 0 radical (unpaired) electrons. The van der Waals surface area contributed by atoms with E-state index in [0.29, 0.717) is 16.9 Å². The summed E-state index contributed by atoms with van der Waals surface area (Å²) >= 11 is 0. The van der Waals surface area contributed by atoms with Crippen molar-refractivity contribution in [3.63, 3.8) is 0 Å². The van der Waals surface area contributed by atoms with Gasteiger partial charge in [0.1, 0.15) is 11.9 Å². The second-order valence-electron chi connectivity index (χ2n) is 6.03. The molecule has 1 heterocycles. The van der Waals surface area contributed by atoms with Gasteiger partial charge in [0.15, 0.2) is 11.5 Å². The number of aromatic nitrogens is 1. The molecule has 0 saturated heterocycles. The number of aromatic amines is 1. The third kappa shape index (κ3) is 4.25. The average molecular weight is 370 g/mol. The molecule has 0 aliphatic heterocycles. The summed E-state index contributed by atoms with van der Waals surface area (Å²) in [5.74, 6) is 0.236. The van der Waals surface area contributed by atoms with Crippen LogP contribution in [0.2, 0.25) is 0 Å². The molecule has 0 bridgehead atoms. The molecule has 0 saturated carbocycles. The zero-order valence-corrected chi connectivity index (χ0v) is 14.9. The number of nitrogens with one attached hydrogen (secondary N) is 2. The first kappa shape index (κ1) is 18.4. The van der Waals surface area contributed by atoms with E-state index < -0.39 is 17.3 Å². The van der Waals surface area contributed by atoms with Crippen molar-refractivity contribution in [3.05, 3.63) is 70.3 Å². The number of rotatable bonds is 6. The monoisotopic (exact) mass is 370 g/mol. The summed E-state index contributed by atoms with van der Waals surface area (Å²) in [6, 6.07) is 12.3. The number of carbonyl (C=O) groups is 1. The van der Waals surface area contributed by atoms with Crippen LogP contribution in [0.3, 0.4) is 0 Å². The topological polar surface area (TPSA) is 80.4 Å². The lowest BCUT2D eigenvalue weighted by Gasteiger charge is -2.17. The molecule has 6 nitrogen and oxygen atoms in total. The van der Waals surface area contributed by atoms with Crippen molar-refractivity contribution in [1.29, 1.82) is 0 Å². The molecule has 2 N–H and O–H groups in total. The van der Waals surface area contributed by atoms with Crippen molar-refractivity contribution in [1.82, 2.24) is 10.3 Å². The zero-order chi connectivity index (χ0) is 19.4. The Bertz CT molecular complexity index is 1030. The van der Waals surface area contributed by atoms with Crippen molar-refractivity contribution in [2.45, 2.75) is 13.0 Å². The van der Waals surface area contributed by atoms with Crippen LogP contribution in [-0.4, -0.2) is 30.6 Å². The Labute approximate surface area is 154 Å². The molecule has 3 rings (SSSR count). The Kier molecular flexibility index (Phi) is 5.40. The lowest BCUT2D eigenvalue weighted by Crippen LogP contribution is -2.34. The summed E-state index contributed by atoms with van der Waals surface area (Å²) < 4.78 is 24.4. The van der Waals surface area contributed by atoms with E-state index in [2.05, 4.69) is 10.3 Å². The van der Waals surface area contributed by atoms with Gasteiger partial charge in [-0.2, -0.15) is 0 Å². The van der Waals surface area contributed by atoms with Gasteiger partial charge in [-0.15, -0.1) is 0 Å². The Morgan fingerprint density at radius 2 is 1.93 bits per heavy atom. The molecule has 1 amide bonds. The number of fused-ring (bicyclic) bond motifs is 1. The minimum atomic E-state index is -0.491. The molecular weight excluding hydrogens is 351 g/mol. The number of amides is 1. The highest BCUT2D eigenvalue weighted by molar-refractivity contribution is 6.05. The maximum atomic E-state index is 13.4. The maximum absolute atomic E-state index is 13.4. The first-order valence-electron chi connectivity index (χ1n) is 8.38. The Morgan fingerprint density at radius 1 is 1.19 bits per heavy atom. The van der Waals surface area contributed by atoms with E-state index in [1.54, 1.807) is 26.2 Å². The van der Waals surface area contributed by atoms with E-state index in [4.69, 9.17) is 9.47 Å². The molecule has 0 fully saturated rings. The maximum Gasteiger partial charge on any atom is 0.252 e. The molecule has 0 aliphatic rings. The summed E-state index contributed by atoms with van der Waals surface area (Å²) in [4.78, 5) is 26.8. The number of hydrogen-bond donors (Lipinski definition) is 2. The van der Waals surface area contributed by atoms with Crippen LogP contribution in [0.1, 0.15) is 17.3 Å². The van der Waals surface area contributed by atoms with E-state index in [9.17, 15) is 14.0 Å². The standard InChI is InChI=1S/C20H19FN2O4/c1-12(27-18-6-4-3-5-17(18)26-2)11-22-20(25)15-10-19(24)23-16-9-13(21)7-8-14(15)16/h3-10,12H,11H2,1-2H3,(H,22,25)(H,23,24). The third-order valence-electron chi connectivity index (χ3n) is 4.00. The Balaban J connectivity index is 1.72. The lowest BCUT2D eigenvalue weighted by atomic mass is 10.1. The van der Waals surface area contributed by atoms with Crippen LogP contribution in [0.25, 0.3) is 10.9 Å². The number of benzene rings is 2. The van der Waals surface area contributed by atoms with Gasteiger partial charge in [0.05, 0.1) is 24.7 Å². The SMILES string of the molecule is COc1ccccc1OC(C)CNC(=O)c1cc(=O)[nH]c2cc(F)ccc12. The highest BCUT2D eigenvalue weighted by Gasteiger charge is 2.15. The molecule has 7 heteroatoms. The quantitative estimate of drug-likeness (QED) is 0.699. The van der Waals surface area contributed by atoms with Crippen molar-refractivity contribution >= 4 is 16.8 Å². The van der Waals surface area contributed by atoms with Crippen LogP contribution < -0.4 is 20.3 Å². The fourth-order valence-electron chi connectivity index (χ4n) is 2.73. The molecule has 0 aliphatic carbocycles. The fourth-order valence-corrected chi connectivity index (χ4v) is 2.73. The van der Waals surface area contributed by atoms with Crippen molar-refractivity contribution in [3.8, 4) is 11.5 Å². The second-order valence-corrected chi connectivity index (χ2v) is 6.03. The first-order chi connectivity index (χ1) is 13.0. The molecule has 1 atom stereocenters. The van der Waals surface area contributed by atoms with Gasteiger partial charge in [0.2, 0.25) is 5.56 Å². The molecule has 1 aromatic heterocycles. The molecule has 27 heavy (non-hydrogen) atoms. The minimum absolute atomic E-state index is 0.179. The minimum Gasteiger partial charge on any atom is -0.493 e. The molecule has 0 spiro atoms. The fraction of sp³-hybridized carbons (Fsp3) is 0.200. The molecule has 140 valence electrons. The highest BCUT2D eigenvalue weighted by atomic mass is 19.1. The first-order valence-corrected chi connectivity index (χ1v) is 8.38. The van der Waals surface area contributed by atoms with Gasteiger partial charge in [0.25, 0.3) is 5.91 Å². The van der Waals surface area contributed by atoms with Crippen molar-refractivity contribution in [2.24, 2.45) is 0 Å². The van der Waals surface area contributed by atoms with E-state index in [-0.39, 0.29) is 23.7 Å². The predicted octanol–water partition coefficient (Wildman–Crippen LogP) is 2.87. The van der Waals surface area contributed by atoms with Gasteiger partial charge in [-0.25, -0.2) is 4.39 Å². The normalized spacial score (nSPS) is 11.8. The molecular formula is C20H19FN2O4. The number of H-pyrrole nitrogens is 1. The average Bonchev–Trinajstić information content (AvgIpc) is 2.65. The predicted molar refractivity (Wildman–Crippen MR) is 99.9 cm³/mol. The van der Waals surface area contributed by atoms with Gasteiger partial charge in [-0.05, 0) is 37.3 Å². The molecule has 3 aromatic rings. The van der Waals surface area contributed by atoms with E-state index in [1.807, 2.05) is 12.1 Å². The van der Waals surface area contributed by atoms with Crippen LogP contribution >= 0.6 is 0 Å². The number of hydrogen-bond acceptors (Lipinski definition) is 4. The highest BCUT2D eigenvalue weighted by Crippen LogP contribution is 2.26. The van der Waals surface area contributed by atoms with Crippen molar-refractivity contribution in [2.75, 3.05) is 13.7 Å². The van der Waals surface area contributed by atoms with Gasteiger partial charge in [-0.3, -0.25) is 9.59 Å². The lowest BCUT2D eigenvalue weighted by molar-refractivity contribution is 0.0933. The summed E-state index contributed by atoms with van der Waals surface area (Å²) in [7, 11) is 1.55. The summed E-state index contributed by atoms with van der Waals surface area (Å²) in [6.07, 6.45) is -0.337. The zero-order valence-electron chi connectivity index (χ0n) is 14.9. The Hall–Kier alpha value is -3.35. The number of para-hydroxylation sites is 2. The second kappa shape index (κ2) is 7.90. The van der Waals surface area contributed by atoms with Gasteiger partial charge in [0, 0.05) is 11.5 Å². The van der Waals surface area contributed by atoms with Crippen LogP contribution in [0.5, 0.6) is 11.5 Å². The van der Waals surface area contributed by atoms with Gasteiger partial charge in [-0.1, -0.05) is 12.1 Å². The van der Waals surface area contributed by atoms with E-state index >= 15 is 0 Å². The number of pyridine rings is 1. The van der Waals surface area contributed by atoms with Gasteiger partial charge >= 0.3 is 0 Å². The number of halogens is 1. The number of ether oxygens (including phenoxy) is 2. The Morgan fingerprint density at radius 3 is 2.67 bits per heavy atom. The molecule has 2 aromatic carbocycles. The number of carbonyl (C=O) groups excluding carboxylic acids is 1. The van der Waals surface area contributed by atoms with Crippen LogP contribution in [0.4, 0.5) is 4.39 Å². The van der Waals surface area contributed by atoms with E-state index in [0.717, 1.165) is 0 Å². The van der Waals surface area contributed by atoms with Crippen LogP contribution in [0.15, 0.2) is 53.3 Å². The van der Waals surface area contributed by atoms with Gasteiger partial charge < -0.3 is 19.8 Å². The molecule has 1 unspecified atom stereocenters. The van der Waals surface area contributed by atoms with Crippen LogP contribution in [0, 0.1) is 5.82 Å². The van der Waals surface area contributed by atoms with Crippen molar-refractivity contribution < 1.29 is 18.7 Å². The van der Waals surface area contributed by atoms with E-state index in [1.165, 1.54) is 24.3 Å². The number of methoxy groups -OCH3 is 1. The smallest absolute Gasteiger partial charge is 0.252 e. The summed E-state index contributed by atoms with van der Waals surface area (Å²) in [5, 5.41) is 3.20. The summed E-state index contributed by atoms with van der Waals surface area (Å²) in [6.45, 7) is 2.02. The third-order valence-corrected chi connectivity index (χ3v) is 4.00. The summed E-state index contributed by atoms with van der Waals surface area (Å²) in [5.41, 5.74) is -0.0271. The largest absolute Gasteiger partial charge is 0.493 e. The van der Waals surface area contributed by atoms with Crippen LogP contribution in [-0.2, 0) is 0 Å².